The summed E-state index contributed by atoms with van der Waals surface area (Å²) in [4.78, 5) is 0. The minimum atomic E-state index is -2.22. The van der Waals surface area contributed by atoms with E-state index in [2.05, 4.69) is 0 Å². The van der Waals surface area contributed by atoms with Crippen molar-refractivity contribution in [2.45, 2.75) is 54.8 Å². The van der Waals surface area contributed by atoms with Gasteiger partial charge in [0.15, 0.2) is 6.29 Å². The van der Waals surface area contributed by atoms with Crippen molar-refractivity contribution >= 4 is 0 Å². The number of ether oxygens (including phenoxy) is 4. The predicted octanol–water partition coefficient (Wildman–Crippen LogP) is -3.16. The Morgan fingerprint density at radius 2 is 1.60 bits per heavy atom. The van der Waals surface area contributed by atoms with Crippen LogP contribution in [0.25, 0.3) is 0 Å². The molecule has 1 aromatic rings. The summed E-state index contributed by atoms with van der Waals surface area (Å²) in [6, 6.07) is 9.02. The summed E-state index contributed by atoms with van der Waals surface area (Å²) in [7, 11) is 0. The standard InChI is InChI=1S/C19H27O11/c20-6-11-14(23)17(26)19(9-21,29-11)30-18-16(25)15(24)13(22)12(28-18)8-27-7-10-4-2-1-3-5-10/h1-5,7,11-18,20-26H,6,8-9H2/t11-,12-,13-,14-,15+,16-,17+,18-,19+/m1/s1. The van der Waals surface area contributed by atoms with Crippen LogP contribution in [-0.2, 0) is 18.9 Å². The fraction of sp³-hybridized carbons (Fsp3) is 0.632. The Balaban J connectivity index is 1.66. The van der Waals surface area contributed by atoms with Gasteiger partial charge in [0, 0.05) is 0 Å². The molecule has 0 saturated carbocycles. The van der Waals surface area contributed by atoms with E-state index in [1.54, 1.807) is 24.3 Å². The first-order chi connectivity index (χ1) is 14.3. The first kappa shape index (κ1) is 23.4. The molecule has 2 fully saturated rings. The summed E-state index contributed by atoms with van der Waals surface area (Å²) in [5.74, 6) is -2.22. The molecule has 0 amide bonds. The van der Waals surface area contributed by atoms with E-state index in [1.807, 2.05) is 6.07 Å². The maximum Gasteiger partial charge on any atom is 0.224 e. The monoisotopic (exact) mass is 431 g/mol. The predicted molar refractivity (Wildman–Crippen MR) is 97.4 cm³/mol. The van der Waals surface area contributed by atoms with E-state index >= 15 is 0 Å². The second-order valence-electron chi connectivity index (χ2n) is 7.24. The third-order valence-corrected chi connectivity index (χ3v) is 5.17. The van der Waals surface area contributed by atoms with Crippen molar-refractivity contribution in [2.75, 3.05) is 19.8 Å². The van der Waals surface area contributed by atoms with Crippen LogP contribution >= 0.6 is 0 Å². The molecule has 0 unspecified atom stereocenters. The third kappa shape index (κ3) is 4.66. The molecule has 1 aromatic carbocycles. The maximum atomic E-state index is 10.2. The van der Waals surface area contributed by atoms with Crippen molar-refractivity contribution in [3.05, 3.63) is 42.5 Å². The zero-order valence-corrected chi connectivity index (χ0v) is 16.0. The summed E-state index contributed by atoms with van der Waals surface area (Å²) in [5, 5.41) is 69.7. The Morgan fingerprint density at radius 3 is 2.20 bits per heavy atom. The van der Waals surface area contributed by atoms with Crippen LogP contribution in [0.15, 0.2) is 30.3 Å². The van der Waals surface area contributed by atoms with Crippen molar-refractivity contribution in [3.63, 3.8) is 0 Å². The second kappa shape index (κ2) is 9.94. The highest BCUT2D eigenvalue weighted by Crippen LogP contribution is 2.36. The molecule has 7 N–H and O–H groups in total. The number of hydrogen-bond donors (Lipinski definition) is 7. The van der Waals surface area contributed by atoms with Crippen LogP contribution in [-0.4, -0.2) is 110 Å². The molecular weight excluding hydrogens is 404 g/mol. The van der Waals surface area contributed by atoms with E-state index in [0.29, 0.717) is 0 Å². The van der Waals surface area contributed by atoms with Crippen molar-refractivity contribution in [2.24, 2.45) is 0 Å². The lowest BCUT2D eigenvalue weighted by Gasteiger charge is -2.43. The number of rotatable bonds is 8. The molecule has 9 atom stereocenters. The Labute approximate surface area is 172 Å². The Kier molecular flexibility index (Phi) is 7.76. The van der Waals surface area contributed by atoms with Crippen LogP contribution in [0.2, 0.25) is 0 Å². The van der Waals surface area contributed by atoms with Gasteiger partial charge in [-0.05, 0) is 5.56 Å². The van der Waals surface area contributed by atoms with Gasteiger partial charge in [0.2, 0.25) is 5.79 Å². The number of benzene rings is 1. The van der Waals surface area contributed by atoms with Gasteiger partial charge in [0.1, 0.15) is 55.9 Å². The van der Waals surface area contributed by atoms with Gasteiger partial charge in [-0.1, -0.05) is 30.3 Å². The van der Waals surface area contributed by atoms with E-state index in [-0.39, 0.29) is 6.61 Å². The highest BCUT2D eigenvalue weighted by atomic mass is 16.8. The zero-order valence-electron chi connectivity index (χ0n) is 16.0. The molecule has 2 heterocycles. The van der Waals surface area contributed by atoms with Gasteiger partial charge in [-0.15, -0.1) is 0 Å². The number of aliphatic hydroxyl groups excluding tert-OH is 7. The van der Waals surface area contributed by atoms with Gasteiger partial charge >= 0.3 is 0 Å². The Hall–Kier alpha value is -1.22. The minimum Gasteiger partial charge on any atom is -0.394 e. The van der Waals surface area contributed by atoms with Crippen molar-refractivity contribution in [1.82, 2.24) is 0 Å². The first-order valence-corrected chi connectivity index (χ1v) is 9.46. The van der Waals surface area contributed by atoms with Crippen LogP contribution in [0.5, 0.6) is 0 Å². The summed E-state index contributed by atoms with van der Waals surface area (Å²) in [6.07, 6.45) is -12.4. The first-order valence-electron chi connectivity index (χ1n) is 9.46. The lowest BCUT2D eigenvalue weighted by Crippen LogP contribution is -2.62. The topological polar surface area (TPSA) is 179 Å². The SMILES string of the molecule is OC[C@H]1O[C@@](CO)(O[C@H]2O[C@H](CO[CH]c3ccccc3)[C@@H](O)[C@H](O)[C@H]2O)[C@@H](O)[C@@H]1O. The van der Waals surface area contributed by atoms with Crippen LogP contribution in [0, 0.1) is 6.61 Å². The summed E-state index contributed by atoms with van der Waals surface area (Å²) in [5.41, 5.74) is 0.752. The lowest BCUT2D eigenvalue weighted by molar-refractivity contribution is -0.383. The van der Waals surface area contributed by atoms with Gasteiger partial charge in [0.05, 0.1) is 13.2 Å². The van der Waals surface area contributed by atoms with Gasteiger partial charge in [-0.25, -0.2) is 0 Å². The normalized spacial score (nSPS) is 41.8. The molecule has 169 valence electrons. The highest BCUT2D eigenvalue weighted by molar-refractivity contribution is 5.19. The highest BCUT2D eigenvalue weighted by Gasteiger charge is 2.58. The largest absolute Gasteiger partial charge is 0.394 e. The van der Waals surface area contributed by atoms with Gasteiger partial charge < -0.3 is 54.7 Å². The van der Waals surface area contributed by atoms with Crippen molar-refractivity contribution in [1.29, 1.82) is 0 Å². The van der Waals surface area contributed by atoms with Gasteiger partial charge in [-0.3, -0.25) is 0 Å². The number of hydrogen-bond acceptors (Lipinski definition) is 11. The molecule has 0 bridgehead atoms. The van der Waals surface area contributed by atoms with Crippen LogP contribution in [0.3, 0.4) is 0 Å². The molecule has 0 spiro atoms. The van der Waals surface area contributed by atoms with E-state index in [9.17, 15) is 35.7 Å². The van der Waals surface area contributed by atoms with Gasteiger partial charge in [0.25, 0.3) is 0 Å². The fourth-order valence-corrected chi connectivity index (χ4v) is 3.39. The maximum absolute atomic E-state index is 10.2. The molecule has 3 rings (SSSR count). The summed E-state index contributed by atoms with van der Waals surface area (Å²) < 4.78 is 21.6. The van der Waals surface area contributed by atoms with Gasteiger partial charge in [-0.2, -0.15) is 0 Å². The average molecular weight is 431 g/mol. The molecule has 0 aliphatic carbocycles. The molecule has 1 radical (unpaired) electrons. The summed E-state index contributed by atoms with van der Waals surface area (Å²) in [6.45, 7) is -0.401. The summed E-state index contributed by atoms with van der Waals surface area (Å²) >= 11 is 0. The van der Waals surface area contributed by atoms with Crippen LogP contribution < -0.4 is 0 Å². The van der Waals surface area contributed by atoms with E-state index in [1.165, 1.54) is 6.61 Å². The second-order valence-corrected chi connectivity index (χ2v) is 7.24. The van der Waals surface area contributed by atoms with Crippen LogP contribution in [0.4, 0.5) is 0 Å². The Bertz CT molecular complexity index is 661. The molecule has 2 aliphatic rings. The molecule has 2 saturated heterocycles. The molecule has 11 heteroatoms. The molecule has 30 heavy (non-hydrogen) atoms. The quantitative estimate of drug-likeness (QED) is 0.221. The fourth-order valence-electron chi connectivity index (χ4n) is 3.39. The third-order valence-electron chi connectivity index (χ3n) is 5.17. The molecule has 11 nitrogen and oxygen atoms in total. The Morgan fingerprint density at radius 1 is 0.900 bits per heavy atom. The van der Waals surface area contributed by atoms with E-state index in [4.69, 9.17) is 18.9 Å². The minimum absolute atomic E-state index is 0.211. The van der Waals surface area contributed by atoms with E-state index < -0.39 is 68.0 Å². The smallest absolute Gasteiger partial charge is 0.224 e. The number of aliphatic hydroxyl groups is 7. The van der Waals surface area contributed by atoms with Crippen molar-refractivity contribution < 1.29 is 54.7 Å². The van der Waals surface area contributed by atoms with E-state index in [0.717, 1.165) is 5.56 Å². The molecular formula is C19H27O11. The van der Waals surface area contributed by atoms with Crippen molar-refractivity contribution in [3.8, 4) is 0 Å². The van der Waals surface area contributed by atoms with Crippen LogP contribution in [0.1, 0.15) is 5.56 Å². The zero-order chi connectivity index (χ0) is 21.9. The average Bonchev–Trinajstić information content (AvgIpc) is 3.01. The molecule has 0 aromatic heterocycles. The lowest BCUT2D eigenvalue weighted by atomic mass is 9.99. The molecule has 2 aliphatic heterocycles.